The topological polar surface area (TPSA) is 78.9 Å². The molecule has 0 unspecified atom stereocenters. The van der Waals surface area contributed by atoms with Gasteiger partial charge in [-0.05, 0) is 32.8 Å². The number of pyridine rings is 1. The van der Waals surface area contributed by atoms with Crippen LogP contribution in [0, 0.1) is 5.92 Å². The van der Waals surface area contributed by atoms with Crippen LogP contribution in [-0.4, -0.2) is 61.1 Å². The van der Waals surface area contributed by atoms with Crippen molar-refractivity contribution in [3.05, 3.63) is 22.3 Å². The number of aliphatic imine (C=N–C) groups is 1. The molecular weight excluding hydrogens is 516 g/mol. The molecule has 1 fully saturated rings. The number of hydrogen-bond acceptors (Lipinski definition) is 5. The summed E-state index contributed by atoms with van der Waals surface area (Å²) >= 11 is 11.9. The number of guanidine groups is 1. The Morgan fingerprint density at radius 3 is 2.68 bits per heavy atom. The Labute approximate surface area is 193 Å². The maximum Gasteiger partial charge on any atom is 0.309 e. The van der Waals surface area contributed by atoms with Crippen molar-refractivity contribution in [1.29, 1.82) is 0 Å². The van der Waals surface area contributed by atoms with Gasteiger partial charge >= 0.3 is 5.97 Å². The quantitative estimate of drug-likeness (QED) is 0.180. The third-order valence-electron chi connectivity index (χ3n) is 4.22. The molecule has 0 radical (unpaired) electrons. The molecule has 1 aliphatic rings. The molecule has 1 aliphatic heterocycles. The van der Waals surface area contributed by atoms with Crippen LogP contribution in [0.5, 0.6) is 0 Å². The molecule has 0 aliphatic carbocycles. The predicted octanol–water partition coefficient (Wildman–Crippen LogP) is 3.66. The Bertz CT molecular complexity index is 655. The number of anilines is 1. The predicted molar refractivity (Wildman–Crippen MR) is 125 cm³/mol. The normalized spacial score (nSPS) is 15.0. The van der Waals surface area contributed by atoms with Crippen molar-refractivity contribution < 1.29 is 9.53 Å². The van der Waals surface area contributed by atoms with E-state index < -0.39 is 0 Å². The van der Waals surface area contributed by atoms with Gasteiger partial charge in [-0.15, -0.1) is 24.0 Å². The van der Waals surface area contributed by atoms with Gasteiger partial charge in [-0.25, -0.2) is 4.98 Å². The maximum atomic E-state index is 11.9. The van der Waals surface area contributed by atoms with E-state index in [1.165, 1.54) is 0 Å². The highest BCUT2D eigenvalue weighted by Gasteiger charge is 2.27. The van der Waals surface area contributed by atoms with Crippen LogP contribution in [-0.2, 0) is 9.53 Å². The number of esters is 1. The smallest absolute Gasteiger partial charge is 0.309 e. The van der Waals surface area contributed by atoms with Crippen LogP contribution in [0.15, 0.2) is 17.3 Å². The second kappa shape index (κ2) is 13.3. The van der Waals surface area contributed by atoms with Crippen molar-refractivity contribution in [2.45, 2.75) is 26.7 Å². The first-order valence-electron chi connectivity index (χ1n) is 9.30. The molecule has 10 heteroatoms. The summed E-state index contributed by atoms with van der Waals surface area (Å²) in [6, 6.07) is 1.65. The molecule has 1 aromatic rings. The lowest BCUT2D eigenvalue weighted by atomic mass is 9.97. The van der Waals surface area contributed by atoms with Gasteiger partial charge in [0.05, 0.1) is 29.1 Å². The van der Waals surface area contributed by atoms with Crippen LogP contribution in [0.3, 0.4) is 0 Å². The third kappa shape index (κ3) is 7.79. The number of nitrogens with zero attached hydrogens (tertiary/aromatic N) is 3. The molecule has 158 valence electrons. The summed E-state index contributed by atoms with van der Waals surface area (Å²) in [5, 5.41) is 7.46. The summed E-state index contributed by atoms with van der Waals surface area (Å²) in [4.78, 5) is 22.9. The minimum atomic E-state index is -0.0874. The van der Waals surface area contributed by atoms with Crippen molar-refractivity contribution in [2.24, 2.45) is 10.9 Å². The number of aromatic nitrogens is 1. The highest BCUT2D eigenvalue weighted by molar-refractivity contribution is 14.0. The molecule has 0 saturated carbocycles. The number of carbonyl (C=O) groups excluding carboxylic acids is 1. The largest absolute Gasteiger partial charge is 0.466 e. The molecule has 28 heavy (non-hydrogen) atoms. The first kappa shape index (κ1) is 25.0. The fraction of sp³-hybridized carbons (Fsp3) is 0.611. The number of likely N-dealkylation sites (tertiary alicyclic amines) is 1. The minimum absolute atomic E-state index is 0. The van der Waals surface area contributed by atoms with Gasteiger partial charge < -0.3 is 20.3 Å². The first-order chi connectivity index (χ1) is 13.0. The summed E-state index contributed by atoms with van der Waals surface area (Å²) in [5.41, 5.74) is 0. The summed E-state index contributed by atoms with van der Waals surface area (Å²) in [6.07, 6.45) is 3.12. The molecule has 0 spiro atoms. The molecule has 0 bridgehead atoms. The van der Waals surface area contributed by atoms with Crippen LogP contribution in [0.4, 0.5) is 5.82 Å². The van der Waals surface area contributed by atoms with Crippen LogP contribution in [0.25, 0.3) is 0 Å². The maximum absolute atomic E-state index is 11.9. The van der Waals surface area contributed by atoms with Crippen LogP contribution in [0.2, 0.25) is 10.0 Å². The summed E-state index contributed by atoms with van der Waals surface area (Å²) in [6.45, 7) is 7.83. The van der Waals surface area contributed by atoms with Gasteiger partial charge in [-0.2, -0.15) is 0 Å². The van der Waals surface area contributed by atoms with Crippen molar-refractivity contribution in [3.63, 3.8) is 0 Å². The number of ether oxygens (including phenoxy) is 1. The van der Waals surface area contributed by atoms with Crippen molar-refractivity contribution in [2.75, 3.05) is 44.6 Å². The van der Waals surface area contributed by atoms with Crippen molar-refractivity contribution in [3.8, 4) is 0 Å². The minimum Gasteiger partial charge on any atom is -0.466 e. The van der Waals surface area contributed by atoms with Gasteiger partial charge in [-0.3, -0.25) is 9.79 Å². The van der Waals surface area contributed by atoms with Gasteiger partial charge in [0, 0.05) is 32.4 Å². The van der Waals surface area contributed by atoms with E-state index in [0.717, 1.165) is 38.4 Å². The molecule has 2 heterocycles. The lowest BCUT2D eigenvalue weighted by molar-refractivity contribution is -0.149. The lowest BCUT2D eigenvalue weighted by Gasteiger charge is -2.33. The van der Waals surface area contributed by atoms with E-state index in [2.05, 4.69) is 25.5 Å². The first-order valence-corrected chi connectivity index (χ1v) is 10.1. The number of rotatable bonds is 7. The average molecular weight is 544 g/mol. The van der Waals surface area contributed by atoms with E-state index in [9.17, 15) is 4.79 Å². The second-order valence-electron chi connectivity index (χ2n) is 6.16. The third-order valence-corrected chi connectivity index (χ3v) is 4.72. The molecule has 7 nitrogen and oxygen atoms in total. The zero-order valence-electron chi connectivity index (χ0n) is 16.2. The zero-order valence-corrected chi connectivity index (χ0v) is 20.1. The van der Waals surface area contributed by atoms with Gasteiger partial charge in [0.1, 0.15) is 5.82 Å². The summed E-state index contributed by atoms with van der Waals surface area (Å²) < 4.78 is 5.13. The van der Waals surface area contributed by atoms with E-state index >= 15 is 0 Å². The Balaban J connectivity index is 0.00000392. The Morgan fingerprint density at radius 2 is 2.07 bits per heavy atom. The van der Waals surface area contributed by atoms with Gasteiger partial charge in [0.25, 0.3) is 0 Å². The Hall–Kier alpha value is -1.000. The Morgan fingerprint density at radius 1 is 1.36 bits per heavy atom. The molecule has 0 aromatic carbocycles. The second-order valence-corrected chi connectivity index (χ2v) is 7.00. The fourth-order valence-corrected chi connectivity index (χ4v) is 3.34. The van der Waals surface area contributed by atoms with E-state index in [0.29, 0.717) is 35.6 Å². The van der Waals surface area contributed by atoms with Crippen LogP contribution < -0.4 is 10.6 Å². The zero-order chi connectivity index (χ0) is 19.6. The van der Waals surface area contributed by atoms with E-state index in [1.54, 1.807) is 12.3 Å². The van der Waals surface area contributed by atoms with Crippen molar-refractivity contribution >= 4 is 64.9 Å². The number of hydrogen-bond donors (Lipinski definition) is 2. The van der Waals surface area contributed by atoms with E-state index in [4.69, 9.17) is 27.9 Å². The monoisotopic (exact) mass is 543 g/mol. The molecule has 0 amide bonds. The fourth-order valence-electron chi connectivity index (χ4n) is 2.89. The molecule has 2 rings (SSSR count). The average Bonchev–Trinajstić information content (AvgIpc) is 2.66. The SMILES string of the molecule is CCNC(=NCCNc1ncc(Cl)cc1Cl)N1CCC(C(=O)OCC)CC1.I. The summed E-state index contributed by atoms with van der Waals surface area (Å²) in [5.74, 6) is 1.35. The van der Waals surface area contributed by atoms with E-state index in [-0.39, 0.29) is 35.9 Å². The van der Waals surface area contributed by atoms with Gasteiger partial charge in [-0.1, -0.05) is 23.2 Å². The molecule has 1 saturated heterocycles. The molecular formula is C18H28Cl2IN5O2. The molecule has 0 atom stereocenters. The highest BCUT2D eigenvalue weighted by Crippen LogP contribution is 2.22. The lowest BCUT2D eigenvalue weighted by Crippen LogP contribution is -2.47. The Kier molecular flexibility index (Phi) is 11.9. The number of nitrogens with one attached hydrogen (secondary N) is 2. The van der Waals surface area contributed by atoms with Crippen LogP contribution in [0.1, 0.15) is 26.7 Å². The molecule has 2 N–H and O–H groups in total. The van der Waals surface area contributed by atoms with Gasteiger partial charge in [0.2, 0.25) is 0 Å². The number of carbonyl (C=O) groups is 1. The highest BCUT2D eigenvalue weighted by atomic mass is 127. The summed E-state index contributed by atoms with van der Waals surface area (Å²) in [7, 11) is 0. The van der Waals surface area contributed by atoms with E-state index in [1.807, 2.05) is 13.8 Å². The van der Waals surface area contributed by atoms with Gasteiger partial charge in [0.15, 0.2) is 5.96 Å². The van der Waals surface area contributed by atoms with Crippen molar-refractivity contribution in [1.82, 2.24) is 15.2 Å². The number of piperidine rings is 1. The van der Waals surface area contributed by atoms with Crippen LogP contribution >= 0.6 is 47.2 Å². The number of halogens is 3. The molecule has 1 aromatic heterocycles. The standard InChI is InChI=1S/C18H27Cl2N5O2.HI/c1-3-21-18(25-9-5-13(6-10-25)17(26)27-4-2)23-8-7-22-16-15(20)11-14(19)12-24-16;/h11-13H,3-10H2,1-2H3,(H,21,23)(H,22,24);1H.